The van der Waals surface area contributed by atoms with Crippen molar-refractivity contribution in [1.82, 2.24) is 0 Å². The van der Waals surface area contributed by atoms with Gasteiger partial charge in [0.25, 0.3) is 11.9 Å². The van der Waals surface area contributed by atoms with Crippen molar-refractivity contribution in [2.45, 2.75) is 64.3 Å². The summed E-state index contributed by atoms with van der Waals surface area (Å²) in [5.41, 5.74) is -0.897. The SMILES string of the molecule is CCC(C)(C)C(=O)OC12CC3CC1C(C(=O)O2)C3C(=O)OC(C(F)(F)F)C(F)(F)F. The van der Waals surface area contributed by atoms with Crippen LogP contribution in [-0.2, 0) is 28.6 Å². The Bertz CT molecular complexity index is 745. The lowest BCUT2D eigenvalue weighted by molar-refractivity contribution is -0.315. The van der Waals surface area contributed by atoms with Crippen LogP contribution in [0.2, 0.25) is 0 Å². The maximum atomic E-state index is 12.7. The molecular weight excluding hydrogens is 426 g/mol. The molecule has 3 aliphatic rings. The molecule has 2 aliphatic carbocycles. The largest absolute Gasteiger partial charge is 0.443 e. The number of carbonyl (C=O) groups excluding carboxylic acids is 3. The van der Waals surface area contributed by atoms with E-state index >= 15 is 0 Å². The molecule has 3 rings (SSSR count). The van der Waals surface area contributed by atoms with Crippen LogP contribution < -0.4 is 0 Å². The lowest BCUT2D eigenvalue weighted by Crippen LogP contribution is -2.49. The van der Waals surface area contributed by atoms with Crippen LogP contribution in [-0.4, -0.2) is 42.2 Å². The molecule has 12 heteroatoms. The van der Waals surface area contributed by atoms with E-state index in [0.717, 1.165) is 0 Å². The first-order valence-electron chi connectivity index (χ1n) is 9.33. The van der Waals surface area contributed by atoms with Gasteiger partial charge in [-0.05, 0) is 32.6 Å². The van der Waals surface area contributed by atoms with E-state index in [-0.39, 0.29) is 12.8 Å². The van der Waals surface area contributed by atoms with Crippen molar-refractivity contribution in [3.8, 4) is 0 Å². The van der Waals surface area contributed by atoms with Gasteiger partial charge in [-0.2, -0.15) is 26.3 Å². The highest BCUT2D eigenvalue weighted by molar-refractivity contribution is 5.87. The predicted octanol–water partition coefficient (Wildman–Crippen LogP) is 3.53. The molecular formula is C18H20F6O6. The minimum absolute atomic E-state index is 0.0821. The molecule has 0 N–H and O–H groups in total. The summed E-state index contributed by atoms with van der Waals surface area (Å²) in [6.45, 7) is 4.97. The number of hydrogen-bond donors (Lipinski definition) is 0. The standard InChI is InChI=1S/C18H20F6O6/c1-4-15(2,3)14(27)30-16-6-7-5-8(16)10(12(26)29-16)9(7)11(25)28-13(17(19,20)21)18(22,23)24/h7-10,13H,4-6H2,1-3H3. The third-order valence-corrected chi connectivity index (χ3v) is 6.34. The minimum atomic E-state index is -5.85. The molecule has 1 aliphatic heterocycles. The van der Waals surface area contributed by atoms with E-state index in [1.54, 1.807) is 20.8 Å². The van der Waals surface area contributed by atoms with Gasteiger partial charge in [0, 0.05) is 6.42 Å². The van der Waals surface area contributed by atoms with Crippen LogP contribution in [0.3, 0.4) is 0 Å². The number of ether oxygens (including phenoxy) is 3. The van der Waals surface area contributed by atoms with Crippen molar-refractivity contribution >= 4 is 17.9 Å². The molecule has 1 heterocycles. The Balaban J connectivity index is 1.80. The average Bonchev–Trinajstić information content (AvgIpc) is 3.16. The topological polar surface area (TPSA) is 78.9 Å². The first-order chi connectivity index (χ1) is 13.5. The summed E-state index contributed by atoms with van der Waals surface area (Å²) >= 11 is 0. The smallest absolute Gasteiger partial charge is 0.434 e. The highest BCUT2D eigenvalue weighted by Gasteiger charge is 2.74. The van der Waals surface area contributed by atoms with E-state index in [4.69, 9.17) is 9.47 Å². The van der Waals surface area contributed by atoms with Crippen molar-refractivity contribution in [3.63, 3.8) is 0 Å². The second kappa shape index (κ2) is 6.74. The van der Waals surface area contributed by atoms with Crippen molar-refractivity contribution in [3.05, 3.63) is 0 Å². The quantitative estimate of drug-likeness (QED) is 0.475. The molecule has 0 aromatic heterocycles. The lowest BCUT2D eigenvalue weighted by Gasteiger charge is -2.35. The van der Waals surface area contributed by atoms with Crippen molar-refractivity contribution < 1.29 is 54.9 Å². The number of carbonyl (C=O) groups is 3. The Hall–Kier alpha value is -2.01. The number of fused-ring (bicyclic) bond motifs is 1. The van der Waals surface area contributed by atoms with Gasteiger partial charge >= 0.3 is 30.3 Å². The van der Waals surface area contributed by atoms with Crippen LogP contribution in [0.25, 0.3) is 0 Å². The molecule has 0 aromatic rings. The number of halogens is 6. The summed E-state index contributed by atoms with van der Waals surface area (Å²) in [6.07, 6.45) is -15.7. The molecule has 3 fully saturated rings. The molecule has 5 atom stereocenters. The fourth-order valence-corrected chi connectivity index (χ4v) is 4.44. The summed E-state index contributed by atoms with van der Waals surface area (Å²) < 4.78 is 90.8. The van der Waals surface area contributed by atoms with E-state index < -0.39 is 71.2 Å². The van der Waals surface area contributed by atoms with Gasteiger partial charge in [0.15, 0.2) is 0 Å². The van der Waals surface area contributed by atoms with Crippen LogP contribution in [0.5, 0.6) is 0 Å². The van der Waals surface area contributed by atoms with Crippen LogP contribution >= 0.6 is 0 Å². The van der Waals surface area contributed by atoms with Crippen LogP contribution in [0.1, 0.15) is 40.0 Å². The maximum absolute atomic E-state index is 12.7. The van der Waals surface area contributed by atoms with Gasteiger partial charge in [0.05, 0.1) is 23.2 Å². The molecule has 170 valence electrons. The lowest BCUT2D eigenvalue weighted by atomic mass is 9.78. The highest BCUT2D eigenvalue weighted by atomic mass is 19.4. The van der Waals surface area contributed by atoms with E-state index in [1.807, 2.05) is 0 Å². The van der Waals surface area contributed by atoms with Crippen molar-refractivity contribution in [1.29, 1.82) is 0 Å². The average molecular weight is 446 g/mol. The van der Waals surface area contributed by atoms with Crippen LogP contribution in [0, 0.1) is 29.1 Å². The summed E-state index contributed by atoms with van der Waals surface area (Å²) in [5, 5.41) is 0. The Labute approximate surface area is 167 Å². The second-order valence-corrected chi connectivity index (χ2v) is 8.62. The van der Waals surface area contributed by atoms with Crippen molar-refractivity contribution in [2.24, 2.45) is 29.1 Å². The van der Waals surface area contributed by atoms with Gasteiger partial charge in [-0.15, -0.1) is 0 Å². The number of alkyl halides is 6. The molecule has 30 heavy (non-hydrogen) atoms. The molecule has 0 aromatic carbocycles. The van der Waals surface area contributed by atoms with E-state index in [2.05, 4.69) is 4.74 Å². The van der Waals surface area contributed by atoms with Gasteiger partial charge in [-0.25, -0.2) is 0 Å². The molecule has 2 bridgehead atoms. The monoisotopic (exact) mass is 446 g/mol. The highest BCUT2D eigenvalue weighted by Crippen LogP contribution is 2.64. The van der Waals surface area contributed by atoms with Gasteiger partial charge in [-0.3, -0.25) is 14.4 Å². The molecule has 0 amide bonds. The minimum Gasteiger partial charge on any atom is -0.443 e. The summed E-state index contributed by atoms with van der Waals surface area (Å²) in [6, 6.07) is 0. The second-order valence-electron chi connectivity index (χ2n) is 8.62. The zero-order chi connectivity index (χ0) is 22.9. The van der Waals surface area contributed by atoms with Gasteiger partial charge < -0.3 is 14.2 Å². The predicted molar refractivity (Wildman–Crippen MR) is 84.2 cm³/mol. The number of esters is 3. The van der Waals surface area contributed by atoms with Gasteiger partial charge in [-0.1, -0.05) is 6.92 Å². The Morgan fingerprint density at radius 2 is 1.73 bits per heavy atom. The van der Waals surface area contributed by atoms with Crippen LogP contribution in [0.15, 0.2) is 0 Å². The fourth-order valence-electron chi connectivity index (χ4n) is 4.44. The molecule has 0 radical (unpaired) electrons. The van der Waals surface area contributed by atoms with E-state index in [9.17, 15) is 40.7 Å². The molecule has 2 saturated carbocycles. The van der Waals surface area contributed by atoms with E-state index in [1.165, 1.54) is 0 Å². The normalized spacial score (nSPS) is 33.1. The maximum Gasteiger partial charge on any atom is 0.434 e. The van der Waals surface area contributed by atoms with Gasteiger partial charge in [0.2, 0.25) is 0 Å². The third kappa shape index (κ3) is 3.51. The fraction of sp³-hybridized carbons (Fsp3) is 0.833. The Morgan fingerprint density at radius 1 is 1.17 bits per heavy atom. The van der Waals surface area contributed by atoms with E-state index in [0.29, 0.717) is 6.42 Å². The zero-order valence-corrected chi connectivity index (χ0v) is 16.2. The van der Waals surface area contributed by atoms with Crippen LogP contribution in [0.4, 0.5) is 26.3 Å². The molecule has 0 spiro atoms. The Morgan fingerprint density at radius 3 is 2.23 bits per heavy atom. The first kappa shape index (κ1) is 22.7. The molecule has 5 unspecified atom stereocenters. The molecule has 1 saturated heterocycles. The molecule has 6 nitrogen and oxygen atoms in total. The van der Waals surface area contributed by atoms with Crippen molar-refractivity contribution in [2.75, 3.05) is 0 Å². The van der Waals surface area contributed by atoms with Gasteiger partial charge in [0.1, 0.15) is 0 Å². The summed E-state index contributed by atoms with van der Waals surface area (Å²) in [5.74, 6) is -9.56. The number of hydrogen-bond acceptors (Lipinski definition) is 6. The zero-order valence-electron chi connectivity index (χ0n) is 16.2. The number of rotatable bonds is 5. The summed E-state index contributed by atoms with van der Waals surface area (Å²) in [4.78, 5) is 37.0. The first-order valence-corrected chi connectivity index (χ1v) is 9.33. The third-order valence-electron chi connectivity index (χ3n) is 6.34. The Kier molecular flexibility index (Phi) is 5.10. The summed E-state index contributed by atoms with van der Waals surface area (Å²) in [7, 11) is 0.